The lowest BCUT2D eigenvalue weighted by Gasteiger charge is -1.97. The number of rotatable bonds is 4. The third-order valence-corrected chi connectivity index (χ3v) is 2.74. The average molecular weight is 200 g/mol. The van der Waals surface area contributed by atoms with Crippen molar-refractivity contribution in [2.24, 2.45) is 0 Å². The number of aromatic nitrogens is 1. The van der Waals surface area contributed by atoms with Gasteiger partial charge in [0.25, 0.3) is 0 Å². The van der Waals surface area contributed by atoms with Gasteiger partial charge in [-0.2, -0.15) is 0 Å². The summed E-state index contributed by atoms with van der Waals surface area (Å²) in [6.45, 7) is 4.08. The Kier molecular flexibility index (Phi) is 3.25. The van der Waals surface area contributed by atoms with Gasteiger partial charge in [0, 0.05) is 11.1 Å². The van der Waals surface area contributed by atoms with E-state index in [1.807, 2.05) is 0 Å². The molecule has 0 spiro atoms. The molecule has 1 heterocycles. The van der Waals surface area contributed by atoms with Gasteiger partial charge >= 0.3 is 5.97 Å². The first-order valence-corrected chi connectivity index (χ1v) is 4.82. The molecular weight excluding hydrogens is 188 g/mol. The normalized spacial score (nSPS) is 10.4. The van der Waals surface area contributed by atoms with Crippen molar-refractivity contribution >= 4 is 22.4 Å². The minimum Gasteiger partial charge on any atom is -0.480 e. The van der Waals surface area contributed by atoms with Crippen LogP contribution in [0, 0.1) is 0 Å². The Labute approximate surface area is 80.6 Å². The maximum atomic E-state index is 10.2. The highest BCUT2D eigenvalue weighted by Crippen LogP contribution is 2.24. The lowest BCUT2D eigenvalue weighted by atomic mass is 10.2. The number of thiazole rings is 1. The van der Waals surface area contributed by atoms with Crippen molar-refractivity contribution in [1.82, 2.24) is 4.98 Å². The summed E-state index contributed by atoms with van der Waals surface area (Å²) < 4.78 is 0. The Morgan fingerprint density at radius 3 is 2.92 bits per heavy atom. The minimum atomic E-state index is -0.874. The van der Waals surface area contributed by atoms with E-state index in [0.717, 1.165) is 4.88 Å². The molecule has 0 bridgehead atoms. The standard InChI is InChI=1S/C8H12N2O2S/c1-5(2)6-3-9-8(13-6)10-4-7(11)12/h3,5H,4H2,1-2H3,(H,9,10)(H,11,12). The number of anilines is 1. The van der Waals surface area contributed by atoms with E-state index in [1.54, 1.807) is 6.20 Å². The number of carboxylic acid groups (broad SMARTS) is 1. The predicted molar refractivity (Wildman–Crippen MR) is 52.3 cm³/mol. The zero-order chi connectivity index (χ0) is 9.84. The van der Waals surface area contributed by atoms with Crippen molar-refractivity contribution in [3.8, 4) is 0 Å². The fourth-order valence-corrected chi connectivity index (χ4v) is 1.60. The van der Waals surface area contributed by atoms with E-state index >= 15 is 0 Å². The summed E-state index contributed by atoms with van der Waals surface area (Å²) >= 11 is 1.50. The molecule has 0 amide bonds. The van der Waals surface area contributed by atoms with Gasteiger partial charge in [-0.25, -0.2) is 4.98 Å². The smallest absolute Gasteiger partial charge is 0.322 e. The monoisotopic (exact) mass is 200 g/mol. The van der Waals surface area contributed by atoms with Gasteiger partial charge < -0.3 is 10.4 Å². The van der Waals surface area contributed by atoms with Crippen LogP contribution < -0.4 is 5.32 Å². The SMILES string of the molecule is CC(C)c1cnc(NCC(=O)O)s1. The average Bonchev–Trinajstić information content (AvgIpc) is 2.48. The maximum Gasteiger partial charge on any atom is 0.322 e. The topological polar surface area (TPSA) is 62.2 Å². The van der Waals surface area contributed by atoms with Crippen LogP contribution >= 0.6 is 11.3 Å². The lowest BCUT2D eigenvalue weighted by Crippen LogP contribution is -2.11. The molecule has 0 aromatic carbocycles. The summed E-state index contributed by atoms with van der Waals surface area (Å²) in [7, 11) is 0. The van der Waals surface area contributed by atoms with Crippen LogP contribution in [0.5, 0.6) is 0 Å². The molecule has 0 saturated heterocycles. The van der Waals surface area contributed by atoms with Gasteiger partial charge in [-0.15, -0.1) is 11.3 Å². The van der Waals surface area contributed by atoms with E-state index in [1.165, 1.54) is 11.3 Å². The molecule has 0 aliphatic carbocycles. The Balaban J connectivity index is 2.54. The Morgan fingerprint density at radius 2 is 2.46 bits per heavy atom. The number of nitrogens with zero attached hydrogens (tertiary/aromatic N) is 1. The quantitative estimate of drug-likeness (QED) is 0.777. The van der Waals surface area contributed by atoms with Crippen molar-refractivity contribution in [1.29, 1.82) is 0 Å². The minimum absolute atomic E-state index is 0.0783. The predicted octanol–water partition coefficient (Wildman–Crippen LogP) is 1.76. The fraction of sp³-hybridized carbons (Fsp3) is 0.500. The van der Waals surface area contributed by atoms with E-state index in [2.05, 4.69) is 24.1 Å². The van der Waals surface area contributed by atoms with Gasteiger partial charge in [0.15, 0.2) is 5.13 Å². The highest BCUT2D eigenvalue weighted by Gasteiger charge is 2.05. The summed E-state index contributed by atoms with van der Waals surface area (Å²) in [5, 5.41) is 11.8. The van der Waals surface area contributed by atoms with Crippen molar-refractivity contribution < 1.29 is 9.90 Å². The molecule has 5 heteroatoms. The highest BCUT2D eigenvalue weighted by atomic mass is 32.1. The molecule has 0 aliphatic rings. The molecule has 1 aromatic heterocycles. The fourth-order valence-electron chi connectivity index (χ4n) is 0.786. The van der Waals surface area contributed by atoms with Crippen LogP contribution in [0.4, 0.5) is 5.13 Å². The lowest BCUT2D eigenvalue weighted by molar-refractivity contribution is -0.134. The summed E-state index contributed by atoms with van der Waals surface area (Å²) in [6.07, 6.45) is 1.78. The van der Waals surface area contributed by atoms with Gasteiger partial charge in [0.05, 0.1) is 0 Å². The first kappa shape index (κ1) is 9.98. The summed E-state index contributed by atoms with van der Waals surface area (Å²) in [5.74, 6) is -0.431. The van der Waals surface area contributed by atoms with Crippen LogP contribution in [0.3, 0.4) is 0 Å². The van der Waals surface area contributed by atoms with Gasteiger partial charge in [-0.05, 0) is 5.92 Å². The second-order valence-electron chi connectivity index (χ2n) is 2.97. The van der Waals surface area contributed by atoms with E-state index in [9.17, 15) is 4.79 Å². The van der Waals surface area contributed by atoms with E-state index in [-0.39, 0.29) is 6.54 Å². The maximum absolute atomic E-state index is 10.2. The number of nitrogens with one attached hydrogen (secondary N) is 1. The van der Waals surface area contributed by atoms with Crippen molar-refractivity contribution in [2.75, 3.05) is 11.9 Å². The van der Waals surface area contributed by atoms with Gasteiger partial charge in [0.2, 0.25) is 0 Å². The van der Waals surface area contributed by atoms with Crippen molar-refractivity contribution in [3.05, 3.63) is 11.1 Å². The Bertz CT molecular complexity index is 296. The number of carboxylic acids is 1. The molecule has 0 atom stereocenters. The first-order valence-electron chi connectivity index (χ1n) is 4.01. The molecule has 0 radical (unpaired) electrons. The van der Waals surface area contributed by atoms with Crippen LogP contribution in [0.15, 0.2) is 6.20 Å². The summed E-state index contributed by atoms with van der Waals surface area (Å²) in [4.78, 5) is 15.4. The molecule has 0 saturated carbocycles. The molecule has 2 N–H and O–H groups in total. The van der Waals surface area contributed by atoms with E-state index in [4.69, 9.17) is 5.11 Å². The molecular formula is C8H12N2O2S. The largest absolute Gasteiger partial charge is 0.480 e. The number of hydrogen-bond acceptors (Lipinski definition) is 4. The number of aliphatic carboxylic acids is 1. The van der Waals surface area contributed by atoms with Crippen LogP contribution in [0.2, 0.25) is 0 Å². The number of carbonyl (C=O) groups is 1. The molecule has 72 valence electrons. The molecule has 0 fully saturated rings. The van der Waals surface area contributed by atoms with Crippen molar-refractivity contribution in [2.45, 2.75) is 19.8 Å². The van der Waals surface area contributed by atoms with Crippen molar-refractivity contribution in [3.63, 3.8) is 0 Å². The van der Waals surface area contributed by atoms with Crippen LogP contribution in [-0.4, -0.2) is 22.6 Å². The summed E-state index contributed by atoms with van der Waals surface area (Å²) in [6, 6.07) is 0. The first-order chi connectivity index (χ1) is 6.09. The second kappa shape index (κ2) is 4.23. The molecule has 0 unspecified atom stereocenters. The molecule has 4 nitrogen and oxygen atoms in total. The van der Waals surface area contributed by atoms with Gasteiger partial charge in [0.1, 0.15) is 6.54 Å². The van der Waals surface area contributed by atoms with Crippen LogP contribution in [-0.2, 0) is 4.79 Å². The van der Waals surface area contributed by atoms with E-state index < -0.39 is 5.97 Å². The third-order valence-electron chi connectivity index (χ3n) is 1.48. The van der Waals surface area contributed by atoms with E-state index in [0.29, 0.717) is 11.0 Å². The summed E-state index contributed by atoms with van der Waals surface area (Å²) in [5.41, 5.74) is 0. The third kappa shape index (κ3) is 3.02. The van der Waals surface area contributed by atoms with Gasteiger partial charge in [-0.1, -0.05) is 13.8 Å². The highest BCUT2D eigenvalue weighted by molar-refractivity contribution is 7.15. The van der Waals surface area contributed by atoms with Crippen LogP contribution in [0.1, 0.15) is 24.6 Å². The Hall–Kier alpha value is -1.10. The number of hydrogen-bond donors (Lipinski definition) is 2. The molecule has 13 heavy (non-hydrogen) atoms. The molecule has 0 aliphatic heterocycles. The molecule has 1 rings (SSSR count). The zero-order valence-corrected chi connectivity index (χ0v) is 8.39. The molecule has 1 aromatic rings. The van der Waals surface area contributed by atoms with Crippen LogP contribution in [0.25, 0.3) is 0 Å². The van der Waals surface area contributed by atoms with Gasteiger partial charge in [-0.3, -0.25) is 4.79 Å². The second-order valence-corrected chi connectivity index (χ2v) is 4.03. The zero-order valence-electron chi connectivity index (χ0n) is 7.57. The Morgan fingerprint density at radius 1 is 1.77 bits per heavy atom.